The largest absolute Gasteiger partial charge is 0.481 e. The number of nitrogens with two attached hydrogens (primary N) is 1. The van der Waals surface area contributed by atoms with Crippen LogP contribution in [0.4, 0.5) is 16.2 Å². The molecule has 134 valence electrons. The molecule has 0 bridgehead atoms. The molecule has 2 heterocycles. The van der Waals surface area contributed by atoms with Crippen molar-refractivity contribution >= 4 is 17.7 Å². The zero-order valence-electron chi connectivity index (χ0n) is 14.2. The van der Waals surface area contributed by atoms with E-state index in [2.05, 4.69) is 9.97 Å². The number of aromatic nitrogens is 2. The van der Waals surface area contributed by atoms with E-state index in [0.29, 0.717) is 30.0 Å². The highest BCUT2D eigenvalue weighted by atomic mass is 19.1. The average molecular weight is 355 g/mol. The lowest BCUT2D eigenvalue weighted by Crippen LogP contribution is -2.44. The smallest absolute Gasteiger partial charge is 0.308 e. The number of hydrogen-bond acceptors (Lipinski definition) is 6. The molecule has 3 N–H and O–H groups in total. The monoisotopic (exact) mass is 355 g/mol. The molecule has 1 aliphatic rings. The number of halogens is 1. The van der Waals surface area contributed by atoms with E-state index in [4.69, 9.17) is 11.0 Å². The fraction of sp³-hybridized carbons (Fsp3) is 0.333. The fourth-order valence-corrected chi connectivity index (χ4v) is 3.14. The minimum absolute atomic E-state index is 0.0203. The van der Waals surface area contributed by atoms with Crippen LogP contribution in [0.2, 0.25) is 0 Å². The van der Waals surface area contributed by atoms with Crippen molar-refractivity contribution in [3.8, 4) is 17.3 Å². The minimum Gasteiger partial charge on any atom is -0.481 e. The Kier molecular flexibility index (Phi) is 4.71. The van der Waals surface area contributed by atoms with Crippen LogP contribution in [0.15, 0.2) is 24.3 Å². The normalized spacial score (nSPS) is 19.8. The van der Waals surface area contributed by atoms with Gasteiger partial charge in [-0.1, -0.05) is 6.07 Å². The summed E-state index contributed by atoms with van der Waals surface area (Å²) in [6, 6.07) is 7.74. The molecule has 0 saturated carbocycles. The van der Waals surface area contributed by atoms with Gasteiger partial charge in [-0.05, 0) is 31.9 Å². The minimum atomic E-state index is -0.835. The molecule has 3 rings (SSSR count). The topological polar surface area (TPSA) is 116 Å². The van der Waals surface area contributed by atoms with Crippen molar-refractivity contribution in [2.24, 2.45) is 5.92 Å². The van der Waals surface area contributed by atoms with E-state index in [9.17, 15) is 14.3 Å². The molecule has 2 atom stereocenters. The number of benzene rings is 1. The van der Waals surface area contributed by atoms with E-state index in [1.54, 1.807) is 18.2 Å². The van der Waals surface area contributed by atoms with Gasteiger partial charge < -0.3 is 15.7 Å². The van der Waals surface area contributed by atoms with Gasteiger partial charge in [0.1, 0.15) is 17.7 Å². The summed E-state index contributed by atoms with van der Waals surface area (Å²) in [6.45, 7) is 2.32. The molecule has 2 aromatic rings. The van der Waals surface area contributed by atoms with E-state index in [-0.39, 0.29) is 17.6 Å². The number of piperidine rings is 1. The highest BCUT2D eigenvalue weighted by Crippen LogP contribution is 2.30. The van der Waals surface area contributed by atoms with Gasteiger partial charge in [0, 0.05) is 24.2 Å². The summed E-state index contributed by atoms with van der Waals surface area (Å²) in [5, 5.41) is 18.2. The first-order chi connectivity index (χ1) is 12.4. The number of aliphatic carboxylic acids is 1. The first kappa shape index (κ1) is 17.6. The third kappa shape index (κ3) is 3.42. The molecule has 0 amide bonds. The number of carboxylic acid groups (broad SMARTS) is 1. The van der Waals surface area contributed by atoms with Crippen LogP contribution in [0, 0.1) is 23.1 Å². The van der Waals surface area contributed by atoms with Gasteiger partial charge in [0.15, 0.2) is 0 Å². The van der Waals surface area contributed by atoms with Crippen LogP contribution < -0.4 is 10.6 Å². The van der Waals surface area contributed by atoms with E-state index in [1.165, 1.54) is 12.1 Å². The summed E-state index contributed by atoms with van der Waals surface area (Å²) < 4.78 is 13.9. The summed E-state index contributed by atoms with van der Waals surface area (Å²) in [5.41, 5.74) is 6.66. The molecule has 1 aromatic carbocycles. The Balaban J connectivity index is 1.98. The molecule has 1 aliphatic heterocycles. The standard InChI is InChI=1S/C18H18FN5O2/c1-10-2-3-13(17(25)26)9-24(10)16-7-15(22-18(21)23-16)11-4-5-12(8-20)14(19)6-11/h4-7,10,13H,2-3,9H2,1H3,(H,25,26)(H2,21,22,23). The van der Waals surface area contributed by atoms with Crippen molar-refractivity contribution < 1.29 is 14.3 Å². The zero-order chi connectivity index (χ0) is 18.8. The SMILES string of the molecule is CC1CCC(C(=O)O)CN1c1cc(-c2ccc(C#N)c(F)c2)nc(N)n1. The van der Waals surface area contributed by atoms with Crippen molar-refractivity contribution in [2.45, 2.75) is 25.8 Å². The number of nitrogens with zero attached hydrogens (tertiary/aromatic N) is 4. The van der Waals surface area contributed by atoms with Crippen LogP contribution in [0.5, 0.6) is 0 Å². The molecule has 7 nitrogen and oxygen atoms in total. The molecule has 1 fully saturated rings. The highest BCUT2D eigenvalue weighted by Gasteiger charge is 2.31. The van der Waals surface area contributed by atoms with Crippen LogP contribution in [-0.2, 0) is 4.79 Å². The van der Waals surface area contributed by atoms with Gasteiger partial charge in [-0.25, -0.2) is 9.37 Å². The summed E-state index contributed by atoms with van der Waals surface area (Å²) in [6.07, 6.45) is 1.34. The van der Waals surface area contributed by atoms with Crippen molar-refractivity contribution in [1.82, 2.24) is 9.97 Å². The molecule has 8 heteroatoms. The number of hydrogen-bond donors (Lipinski definition) is 2. The van der Waals surface area contributed by atoms with Crippen LogP contribution in [0.1, 0.15) is 25.3 Å². The molecule has 1 saturated heterocycles. The van der Waals surface area contributed by atoms with Gasteiger partial charge in [-0.15, -0.1) is 0 Å². The van der Waals surface area contributed by atoms with Gasteiger partial charge in [0.05, 0.1) is 17.2 Å². The first-order valence-corrected chi connectivity index (χ1v) is 8.23. The molecule has 1 aromatic heterocycles. The van der Waals surface area contributed by atoms with Gasteiger partial charge in [0.2, 0.25) is 5.95 Å². The number of rotatable bonds is 3. The lowest BCUT2D eigenvalue weighted by molar-refractivity contribution is -0.142. The van der Waals surface area contributed by atoms with Crippen LogP contribution in [0.25, 0.3) is 11.3 Å². The number of anilines is 2. The van der Waals surface area contributed by atoms with E-state index in [1.807, 2.05) is 11.8 Å². The summed E-state index contributed by atoms with van der Waals surface area (Å²) in [7, 11) is 0. The third-order valence-corrected chi connectivity index (χ3v) is 4.64. The Morgan fingerprint density at radius 3 is 2.81 bits per heavy atom. The fourth-order valence-electron chi connectivity index (χ4n) is 3.14. The van der Waals surface area contributed by atoms with Gasteiger partial charge >= 0.3 is 5.97 Å². The predicted molar refractivity (Wildman–Crippen MR) is 93.7 cm³/mol. The number of carboxylic acids is 1. The Morgan fingerprint density at radius 1 is 1.38 bits per heavy atom. The summed E-state index contributed by atoms with van der Waals surface area (Å²) >= 11 is 0. The molecular weight excluding hydrogens is 337 g/mol. The van der Waals surface area contributed by atoms with Crippen molar-refractivity contribution in [3.05, 3.63) is 35.6 Å². The summed E-state index contributed by atoms with van der Waals surface area (Å²) in [4.78, 5) is 21.6. The first-order valence-electron chi connectivity index (χ1n) is 8.23. The zero-order valence-corrected chi connectivity index (χ0v) is 14.2. The Labute approximate surface area is 149 Å². The lowest BCUT2D eigenvalue weighted by atomic mass is 9.93. The maximum absolute atomic E-state index is 13.9. The van der Waals surface area contributed by atoms with E-state index in [0.717, 1.165) is 6.42 Å². The Morgan fingerprint density at radius 2 is 2.15 bits per heavy atom. The predicted octanol–water partition coefficient (Wildman–Crippen LogP) is 2.43. The van der Waals surface area contributed by atoms with Crippen molar-refractivity contribution in [1.29, 1.82) is 5.26 Å². The van der Waals surface area contributed by atoms with Gasteiger partial charge in [-0.2, -0.15) is 10.2 Å². The maximum Gasteiger partial charge on any atom is 0.308 e. The van der Waals surface area contributed by atoms with Crippen LogP contribution in [-0.4, -0.2) is 33.6 Å². The quantitative estimate of drug-likeness (QED) is 0.868. The van der Waals surface area contributed by atoms with Gasteiger partial charge in [-0.3, -0.25) is 4.79 Å². The summed E-state index contributed by atoms with van der Waals surface area (Å²) in [5.74, 6) is -1.42. The molecule has 0 radical (unpaired) electrons. The van der Waals surface area contributed by atoms with Gasteiger partial charge in [0.25, 0.3) is 0 Å². The second-order valence-corrected chi connectivity index (χ2v) is 6.39. The Bertz CT molecular complexity index is 896. The number of carbonyl (C=O) groups is 1. The second kappa shape index (κ2) is 6.96. The number of nitrogen functional groups attached to an aromatic ring is 1. The van der Waals surface area contributed by atoms with E-state index >= 15 is 0 Å². The van der Waals surface area contributed by atoms with E-state index < -0.39 is 17.7 Å². The molecular formula is C18H18FN5O2. The maximum atomic E-state index is 13.9. The average Bonchev–Trinajstić information content (AvgIpc) is 2.61. The molecule has 26 heavy (non-hydrogen) atoms. The second-order valence-electron chi connectivity index (χ2n) is 6.39. The van der Waals surface area contributed by atoms with Crippen LogP contribution in [0.3, 0.4) is 0 Å². The third-order valence-electron chi connectivity index (χ3n) is 4.64. The molecule has 0 spiro atoms. The highest BCUT2D eigenvalue weighted by molar-refractivity contribution is 5.72. The van der Waals surface area contributed by atoms with Crippen molar-refractivity contribution in [2.75, 3.05) is 17.2 Å². The Hall–Kier alpha value is -3.21. The van der Waals surface area contributed by atoms with Crippen molar-refractivity contribution in [3.63, 3.8) is 0 Å². The molecule has 0 aliphatic carbocycles. The van der Waals surface area contributed by atoms with Crippen LogP contribution >= 0.6 is 0 Å². The molecule has 2 unspecified atom stereocenters. The number of nitriles is 1. The lowest BCUT2D eigenvalue weighted by Gasteiger charge is -2.37.